The molecule has 0 unspecified atom stereocenters. The van der Waals surface area contributed by atoms with Crippen LogP contribution in [0, 0.1) is 5.82 Å². The predicted octanol–water partition coefficient (Wildman–Crippen LogP) is 3.04. The molecule has 0 bridgehead atoms. The molecule has 114 valence electrons. The monoisotopic (exact) mass is 376 g/mol. The van der Waals surface area contributed by atoms with Gasteiger partial charge in [-0.1, -0.05) is 15.9 Å². The number of halogens is 2. The Morgan fingerprint density at radius 3 is 2.67 bits per heavy atom. The van der Waals surface area contributed by atoms with Crippen LogP contribution in [0.1, 0.15) is 5.76 Å². The maximum absolute atomic E-state index is 13.6. The Morgan fingerprint density at radius 1 is 1.29 bits per heavy atom. The van der Waals surface area contributed by atoms with E-state index in [1.807, 2.05) is 0 Å². The quantitative estimate of drug-likeness (QED) is 0.870. The minimum atomic E-state index is -3.60. The molecule has 1 N–H and O–H groups in total. The molecule has 2 rings (SSSR count). The van der Waals surface area contributed by atoms with Gasteiger partial charge in [0.05, 0.1) is 12.2 Å². The van der Waals surface area contributed by atoms with Crippen molar-refractivity contribution in [2.45, 2.75) is 11.6 Å². The molecule has 0 aliphatic rings. The van der Waals surface area contributed by atoms with Crippen LogP contribution in [0.2, 0.25) is 0 Å². The Labute approximate surface area is 130 Å². The second-order valence-corrected chi connectivity index (χ2v) is 7.48. The molecule has 0 amide bonds. The van der Waals surface area contributed by atoms with E-state index in [1.165, 1.54) is 26.2 Å². The Morgan fingerprint density at radius 2 is 2.00 bits per heavy atom. The molecule has 1 aromatic heterocycles. The molecule has 0 aliphatic carbocycles. The number of rotatable bonds is 5. The van der Waals surface area contributed by atoms with E-state index < -0.39 is 15.8 Å². The number of furan rings is 1. The number of benzene rings is 1. The van der Waals surface area contributed by atoms with Crippen molar-refractivity contribution in [3.63, 3.8) is 0 Å². The Hall–Kier alpha value is -1.38. The fourth-order valence-corrected chi connectivity index (χ4v) is 2.76. The third-order valence-corrected chi connectivity index (χ3v) is 4.94. The fourth-order valence-electron chi connectivity index (χ4n) is 1.59. The van der Waals surface area contributed by atoms with E-state index in [1.54, 1.807) is 18.2 Å². The summed E-state index contributed by atoms with van der Waals surface area (Å²) in [6, 6.07) is 7.43. The highest BCUT2D eigenvalue weighted by atomic mass is 79.9. The third kappa shape index (κ3) is 3.63. The lowest BCUT2D eigenvalue weighted by Crippen LogP contribution is -2.21. The van der Waals surface area contributed by atoms with Crippen molar-refractivity contribution in [1.29, 1.82) is 0 Å². The van der Waals surface area contributed by atoms with Crippen LogP contribution in [0.25, 0.3) is 0 Å². The smallest absolute Gasteiger partial charge is 0.275 e. The van der Waals surface area contributed by atoms with Gasteiger partial charge in [0.25, 0.3) is 10.0 Å². The number of nitrogens with zero attached hydrogens (tertiary/aromatic N) is 1. The van der Waals surface area contributed by atoms with Crippen molar-refractivity contribution in [3.8, 4) is 0 Å². The maximum Gasteiger partial charge on any atom is 0.275 e. The lowest BCUT2D eigenvalue weighted by Gasteiger charge is -2.08. The zero-order valence-corrected chi connectivity index (χ0v) is 13.8. The van der Waals surface area contributed by atoms with E-state index in [-0.39, 0.29) is 11.6 Å². The maximum atomic E-state index is 13.6. The van der Waals surface area contributed by atoms with Crippen LogP contribution in [0.15, 0.2) is 44.3 Å². The molecule has 0 atom stereocenters. The lowest BCUT2D eigenvalue weighted by molar-refractivity contribution is 0.402. The normalized spacial score (nSPS) is 11.9. The third-order valence-electron chi connectivity index (χ3n) is 2.75. The fraction of sp³-hybridized carbons (Fsp3) is 0.231. The summed E-state index contributed by atoms with van der Waals surface area (Å²) in [4.78, 5) is 0. The van der Waals surface area contributed by atoms with Crippen molar-refractivity contribution >= 4 is 31.6 Å². The number of hydrogen-bond donors (Lipinski definition) is 1. The molecule has 2 aromatic rings. The molecule has 0 saturated carbocycles. The largest absolute Gasteiger partial charge is 0.446 e. The van der Waals surface area contributed by atoms with E-state index in [4.69, 9.17) is 4.42 Å². The van der Waals surface area contributed by atoms with E-state index in [2.05, 4.69) is 21.2 Å². The van der Waals surface area contributed by atoms with Gasteiger partial charge in [-0.2, -0.15) is 0 Å². The Bertz CT molecular complexity index is 744. The first-order chi connectivity index (χ1) is 9.80. The van der Waals surface area contributed by atoms with Crippen LogP contribution in [0.5, 0.6) is 0 Å². The zero-order valence-electron chi connectivity index (χ0n) is 11.4. The minimum absolute atomic E-state index is 0.140. The molecule has 0 saturated heterocycles. The van der Waals surface area contributed by atoms with Gasteiger partial charge in [-0.25, -0.2) is 17.1 Å². The summed E-state index contributed by atoms with van der Waals surface area (Å²) >= 11 is 3.25. The predicted molar refractivity (Wildman–Crippen MR) is 81.0 cm³/mol. The highest BCUT2D eigenvalue weighted by Crippen LogP contribution is 2.22. The van der Waals surface area contributed by atoms with Crippen LogP contribution in [0.3, 0.4) is 0 Å². The van der Waals surface area contributed by atoms with Crippen molar-refractivity contribution < 1.29 is 17.2 Å². The van der Waals surface area contributed by atoms with Crippen molar-refractivity contribution in [2.24, 2.45) is 0 Å². The van der Waals surface area contributed by atoms with Crippen LogP contribution < -0.4 is 5.32 Å². The second kappa shape index (κ2) is 6.17. The highest BCUT2D eigenvalue weighted by Gasteiger charge is 2.21. The summed E-state index contributed by atoms with van der Waals surface area (Å²) in [7, 11) is -0.750. The molecule has 0 aliphatic heterocycles. The minimum Gasteiger partial charge on any atom is -0.446 e. The van der Waals surface area contributed by atoms with E-state index in [0.717, 1.165) is 8.78 Å². The average molecular weight is 377 g/mol. The average Bonchev–Trinajstić information content (AvgIpc) is 2.89. The lowest BCUT2D eigenvalue weighted by atomic mass is 10.3. The zero-order chi connectivity index (χ0) is 15.6. The van der Waals surface area contributed by atoms with E-state index >= 15 is 0 Å². The van der Waals surface area contributed by atoms with Crippen LogP contribution in [-0.4, -0.2) is 26.8 Å². The van der Waals surface area contributed by atoms with Crippen molar-refractivity contribution in [1.82, 2.24) is 4.31 Å². The summed E-state index contributed by atoms with van der Waals surface area (Å²) in [6.45, 7) is 0.177. The number of anilines is 1. The number of hydrogen-bond acceptors (Lipinski definition) is 4. The Kier molecular flexibility index (Phi) is 4.70. The summed E-state index contributed by atoms with van der Waals surface area (Å²) in [5.74, 6) is 0.000642. The van der Waals surface area contributed by atoms with Crippen LogP contribution in [0.4, 0.5) is 10.1 Å². The first kappa shape index (κ1) is 16.0. The topological polar surface area (TPSA) is 62.6 Å². The first-order valence-corrected chi connectivity index (χ1v) is 8.24. The van der Waals surface area contributed by atoms with Gasteiger partial charge in [0.15, 0.2) is 0 Å². The number of nitrogens with one attached hydrogen (secondary N) is 1. The molecule has 0 spiro atoms. The molecular formula is C13H14BrFN2O3S. The Balaban J connectivity index is 2.12. The molecule has 5 nitrogen and oxygen atoms in total. The molecular weight excluding hydrogens is 363 g/mol. The van der Waals surface area contributed by atoms with Crippen molar-refractivity contribution in [3.05, 3.63) is 46.4 Å². The molecule has 1 heterocycles. The number of sulfonamides is 1. The van der Waals surface area contributed by atoms with Crippen molar-refractivity contribution in [2.75, 3.05) is 19.4 Å². The van der Waals surface area contributed by atoms with Gasteiger partial charge >= 0.3 is 0 Å². The standard InChI is InChI=1S/C13H14BrFN2O3S/c1-17(2)21(18,19)13-6-4-10(20-13)8-16-12-7-9(14)3-5-11(12)15/h3-7,16H,8H2,1-2H3. The van der Waals surface area contributed by atoms with Gasteiger partial charge in [0.2, 0.25) is 5.09 Å². The molecule has 8 heteroatoms. The molecule has 1 aromatic carbocycles. The SMILES string of the molecule is CN(C)S(=O)(=O)c1ccc(CNc2cc(Br)ccc2F)o1. The first-order valence-electron chi connectivity index (χ1n) is 6.01. The molecule has 0 fully saturated rings. The second-order valence-electron chi connectivity index (χ2n) is 4.49. The van der Waals surface area contributed by atoms with Gasteiger partial charge in [-0.3, -0.25) is 0 Å². The summed E-state index contributed by atoms with van der Waals surface area (Å²) in [6.07, 6.45) is 0. The van der Waals surface area contributed by atoms with Crippen LogP contribution in [-0.2, 0) is 16.6 Å². The van der Waals surface area contributed by atoms with Gasteiger partial charge in [0.1, 0.15) is 11.6 Å². The van der Waals surface area contributed by atoms with Gasteiger partial charge in [0, 0.05) is 18.6 Å². The van der Waals surface area contributed by atoms with Gasteiger partial charge in [-0.15, -0.1) is 0 Å². The van der Waals surface area contributed by atoms with E-state index in [0.29, 0.717) is 11.4 Å². The van der Waals surface area contributed by atoms with Gasteiger partial charge in [-0.05, 0) is 30.3 Å². The highest BCUT2D eigenvalue weighted by molar-refractivity contribution is 9.10. The summed E-state index contributed by atoms with van der Waals surface area (Å²) < 4.78 is 44.4. The van der Waals surface area contributed by atoms with E-state index in [9.17, 15) is 12.8 Å². The molecule has 0 radical (unpaired) electrons. The summed E-state index contributed by atoms with van der Waals surface area (Å²) in [5, 5.41) is 2.72. The van der Waals surface area contributed by atoms with Crippen LogP contribution >= 0.6 is 15.9 Å². The molecule has 21 heavy (non-hydrogen) atoms. The van der Waals surface area contributed by atoms with Gasteiger partial charge < -0.3 is 9.73 Å². The summed E-state index contributed by atoms with van der Waals surface area (Å²) in [5.41, 5.74) is 0.304.